The van der Waals surface area contributed by atoms with Gasteiger partial charge in [0.1, 0.15) is 0 Å². The van der Waals surface area contributed by atoms with Gasteiger partial charge >= 0.3 is 11.7 Å². The topological polar surface area (TPSA) is 88.7 Å². The third-order valence-corrected chi connectivity index (χ3v) is 16.0. The summed E-state index contributed by atoms with van der Waals surface area (Å²) in [5, 5.41) is 17.3. The number of fused-ring (bicyclic) bond motifs is 1. The van der Waals surface area contributed by atoms with Crippen molar-refractivity contribution >= 4 is 35.8 Å². The van der Waals surface area contributed by atoms with Gasteiger partial charge in [-0.1, -0.05) is 93.6 Å². The first-order valence-electron chi connectivity index (χ1n) is 18.2. The van der Waals surface area contributed by atoms with Crippen LogP contribution < -0.4 is 21.4 Å². The zero-order valence-electron chi connectivity index (χ0n) is 29.9. The van der Waals surface area contributed by atoms with Crippen LogP contribution in [-0.2, 0) is 4.43 Å². The molecular weight excluding hydrogens is 629 g/mol. The Kier molecular flexibility index (Phi) is 10.4. The van der Waals surface area contributed by atoms with E-state index in [1.54, 1.807) is 4.57 Å². The lowest BCUT2D eigenvalue weighted by atomic mass is 9.82. The highest BCUT2D eigenvalue weighted by Crippen LogP contribution is 2.40. The van der Waals surface area contributed by atoms with Crippen molar-refractivity contribution < 1.29 is 14.3 Å². The van der Waals surface area contributed by atoms with Crippen LogP contribution in [0.5, 0.6) is 0 Å². The molecule has 8 nitrogen and oxygen atoms in total. The molecule has 6 rings (SSSR count). The summed E-state index contributed by atoms with van der Waals surface area (Å²) in [6.07, 6.45) is 5.13. The summed E-state index contributed by atoms with van der Waals surface area (Å²) in [4.78, 5) is 28.8. The number of hydrogen-bond acceptors (Lipinski definition) is 5. The van der Waals surface area contributed by atoms with Gasteiger partial charge in [0.2, 0.25) is 0 Å². The van der Waals surface area contributed by atoms with Gasteiger partial charge in [-0.15, -0.1) is 0 Å². The van der Waals surface area contributed by atoms with E-state index in [1.807, 2.05) is 38.1 Å². The quantitative estimate of drug-likeness (QED) is 0.215. The molecule has 1 aliphatic heterocycles. The van der Waals surface area contributed by atoms with E-state index in [-0.39, 0.29) is 28.9 Å². The van der Waals surface area contributed by atoms with Gasteiger partial charge in [0.15, 0.2) is 0 Å². The van der Waals surface area contributed by atoms with E-state index in [0.717, 1.165) is 57.1 Å². The minimum absolute atomic E-state index is 0.0457. The second kappa shape index (κ2) is 14.4. The number of amides is 1. The number of imidazole rings is 1. The van der Waals surface area contributed by atoms with Crippen LogP contribution in [0.25, 0.3) is 11.0 Å². The summed E-state index contributed by atoms with van der Waals surface area (Å²) >= 11 is 0. The Morgan fingerprint density at radius 2 is 1.41 bits per heavy atom. The molecule has 3 aromatic carbocycles. The predicted molar refractivity (Wildman–Crippen MR) is 200 cm³/mol. The van der Waals surface area contributed by atoms with E-state index >= 15 is 0 Å². The monoisotopic (exact) mass is 682 g/mol. The number of nitrogens with zero attached hydrogens (tertiary/aromatic N) is 3. The second-order valence-corrected chi connectivity index (χ2v) is 19.9. The van der Waals surface area contributed by atoms with E-state index < -0.39 is 13.9 Å². The normalized spacial score (nSPS) is 21.3. The molecule has 262 valence electrons. The SMILES string of the molecule is CC(C)n1c(=O)n(C(=O)NCC2CCN(C[C@]3(O)CC[C@H](O[Si](c4ccccc4)(c4ccccc4)C(C)(C)C)CC3)CC2)c2ccccc21. The van der Waals surface area contributed by atoms with Gasteiger partial charge in [0.25, 0.3) is 8.32 Å². The number of aliphatic hydroxyl groups is 1. The maximum Gasteiger partial charge on any atom is 0.337 e. The van der Waals surface area contributed by atoms with Gasteiger partial charge in [0.05, 0.1) is 16.6 Å². The summed E-state index contributed by atoms with van der Waals surface area (Å²) in [5.74, 6) is 0.333. The number of carbonyl (C=O) groups is 1. The fourth-order valence-electron chi connectivity index (χ4n) is 8.29. The average molecular weight is 683 g/mol. The number of para-hydroxylation sites is 2. The first kappa shape index (κ1) is 35.3. The lowest BCUT2D eigenvalue weighted by Crippen LogP contribution is -2.68. The van der Waals surface area contributed by atoms with E-state index in [9.17, 15) is 14.7 Å². The molecule has 0 radical (unpaired) electrons. The van der Waals surface area contributed by atoms with E-state index in [0.29, 0.717) is 24.5 Å². The number of aromatic nitrogens is 2. The molecule has 0 atom stereocenters. The van der Waals surface area contributed by atoms with Gasteiger partial charge in [-0.2, -0.15) is 0 Å². The molecule has 1 saturated carbocycles. The molecule has 1 aromatic heterocycles. The Labute approximate surface area is 292 Å². The highest BCUT2D eigenvalue weighted by atomic mass is 28.4. The molecule has 1 amide bonds. The highest BCUT2D eigenvalue weighted by molar-refractivity contribution is 6.99. The summed E-state index contributed by atoms with van der Waals surface area (Å²) in [5.41, 5.74) is 0.377. The molecule has 2 fully saturated rings. The number of rotatable bonds is 9. The molecule has 0 bridgehead atoms. The van der Waals surface area contributed by atoms with E-state index in [2.05, 4.69) is 91.7 Å². The lowest BCUT2D eigenvalue weighted by Gasteiger charge is -2.48. The lowest BCUT2D eigenvalue weighted by molar-refractivity contribution is -0.0544. The molecule has 2 heterocycles. The number of nitrogens with one attached hydrogen (secondary N) is 1. The average Bonchev–Trinajstić information content (AvgIpc) is 3.39. The van der Waals surface area contributed by atoms with Crippen LogP contribution in [0.4, 0.5) is 4.79 Å². The zero-order chi connectivity index (χ0) is 34.8. The van der Waals surface area contributed by atoms with Crippen LogP contribution in [0.3, 0.4) is 0 Å². The van der Waals surface area contributed by atoms with Gasteiger partial charge < -0.3 is 19.7 Å². The Morgan fingerprint density at radius 3 is 1.94 bits per heavy atom. The van der Waals surface area contributed by atoms with Crippen molar-refractivity contribution in [1.29, 1.82) is 0 Å². The molecular formula is C40H54N4O4Si. The van der Waals surface area contributed by atoms with Crippen LogP contribution >= 0.6 is 0 Å². The standard InChI is InChI=1S/C40H54N4O4Si/c1-30(2)43-35-18-12-13-19-36(35)44(38(43)46)37(45)41-28-31-22-26-42(27-23-31)29-40(47)24-20-32(21-25-40)48-49(39(3,4)5,33-14-8-6-9-15-33)34-16-10-7-11-17-34/h6-19,30-32,47H,20-29H2,1-5H3,(H,41,45)/t32-,40-. The molecule has 2 N–H and O–H groups in total. The van der Waals surface area contributed by atoms with Crippen molar-refractivity contribution in [3.05, 3.63) is 95.4 Å². The van der Waals surface area contributed by atoms with Crippen molar-refractivity contribution in [2.75, 3.05) is 26.2 Å². The number of benzene rings is 3. The van der Waals surface area contributed by atoms with Crippen molar-refractivity contribution in [2.45, 2.75) is 95.9 Å². The van der Waals surface area contributed by atoms with Crippen LogP contribution in [0, 0.1) is 5.92 Å². The molecule has 1 aliphatic carbocycles. The van der Waals surface area contributed by atoms with Crippen molar-refractivity contribution in [1.82, 2.24) is 19.4 Å². The van der Waals surface area contributed by atoms with E-state index in [1.165, 1.54) is 14.9 Å². The maximum absolute atomic E-state index is 13.2. The number of likely N-dealkylation sites (tertiary alicyclic amines) is 1. The van der Waals surface area contributed by atoms with Crippen LogP contribution in [-0.4, -0.2) is 71.4 Å². The second-order valence-electron chi connectivity index (χ2n) is 15.7. The fourth-order valence-corrected chi connectivity index (χ4v) is 13.0. The molecule has 0 unspecified atom stereocenters. The molecule has 9 heteroatoms. The smallest absolute Gasteiger partial charge is 0.337 e. The number of piperidine rings is 1. The third kappa shape index (κ3) is 7.22. The summed E-state index contributed by atoms with van der Waals surface area (Å²) in [6, 6.07) is 28.7. The van der Waals surface area contributed by atoms with Gasteiger partial charge in [-0.05, 0) is 98.9 Å². The van der Waals surface area contributed by atoms with Crippen LogP contribution in [0.1, 0.15) is 79.2 Å². The molecule has 2 aliphatic rings. The predicted octanol–water partition coefficient (Wildman–Crippen LogP) is 5.90. The number of hydrogen-bond donors (Lipinski definition) is 2. The van der Waals surface area contributed by atoms with Crippen molar-refractivity contribution in [3.63, 3.8) is 0 Å². The highest BCUT2D eigenvalue weighted by Gasteiger charge is 2.52. The van der Waals surface area contributed by atoms with Gasteiger partial charge in [0, 0.05) is 25.2 Å². The largest absolute Gasteiger partial charge is 0.404 e. The maximum atomic E-state index is 13.2. The Morgan fingerprint density at radius 1 is 0.878 bits per heavy atom. The summed E-state index contributed by atoms with van der Waals surface area (Å²) in [6.45, 7) is 13.8. The minimum Gasteiger partial charge on any atom is -0.404 e. The van der Waals surface area contributed by atoms with Crippen LogP contribution in [0.15, 0.2) is 89.7 Å². The summed E-state index contributed by atoms with van der Waals surface area (Å²) in [7, 11) is -2.63. The molecule has 4 aromatic rings. The summed E-state index contributed by atoms with van der Waals surface area (Å²) < 4.78 is 10.3. The van der Waals surface area contributed by atoms with Gasteiger partial charge in [-0.3, -0.25) is 4.57 Å². The van der Waals surface area contributed by atoms with Crippen molar-refractivity contribution in [2.24, 2.45) is 5.92 Å². The zero-order valence-corrected chi connectivity index (χ0v) is 30.9. The Hall–Kier alpha value is -3.50. The first-order valence-corrected chi connectivity index (χ1v) is 20.1. The minimum atomic E-state index is -2.63. The Balaban J connectivity index is 1.03. The van der Waals surface area contributed by atoms with E-state index in [4.69, 9.17) is 4.43 Å². The molecule has 49 heavy (non-hydrogen) atoms. The van der Waals surface area contributed by atoms with Crippen LogP contribution in [0.2, 0.25) is 5.04 Å². The first-order chi connectivity index (χ1) is 23.4. The fraction of sp³-hybridized carbons (Fsp3) is 0.500. The molecule has 0 spiro atoms. The third-order valence-electron chi connectivity index (χ3n) is 10.9. The number of carbonyl (C=O) groups excluding carboxylic acids is 1. The van der Waals surface area contributed by atoms with Crippen molar-refractivity contribution in [3.8, 4) is 0 Å². The Bertz CT molecular complexity index is 1720. The molecule has 1 saturated heterocycles. The number of β-amino-alcohol motifs (C(OH)–C–C–N with tert-alkyl or cyclic N) is 1. The van der Waals surface area contributed by atoms with Gasteiger partial charge in [-0.25, -0.2) is 14.2 Å².